The highest BCUT2D eigenvalue weighted by molar-refractivity contribution is 4.97. The Labute approximate surface area is 122 Å². The summed E-state index contributed by atoms with van der Waals surface area (Å²) in [4.78, 5) is 4.49. The van der Waals surface area contributed by atoms with Crippen LogP contribution in [-0.2, 0) is 11.2 Å². The van der Waals surface area contributed by atoms with E-state index in [0.717, 1.165) is 44.8 Å². The van der Waals surface area contributed by atoms with Crippen molar-refractivity contribution in [2.24, 2.45) is 5.41 Å². The molecule has 5 nitrogen and oxygen atoms in total. The minimum Gasteiger partial charge on any atom is -0.381 e. The van der Waals surface area contributed by atoms with Gasteiger partial charge in [-0.25, -0.2) is 9.67 Å². The fourth-order valence-corrected chi connectivity index (χ4v) is 2.81. The van der Waals surface area contributed by atoms with Crippen LogP contribution in [0.3, 0.4) is 0 Å². The van der Waals surface area contributed by atoms with Crippen molar-refractivity contribution < 1.29 is 4.74 Å². The molecule has 0 unspecified atom stereocenters. The maximum Gasteiger partial charge on any atom is 0.138 e. The number of rotatable bonds is 6. The molecule has 2 rings (SSSR count). The summed E-state index contributed by atoms with van der Waals surface area (Å²) in [6, 6.07) is 0.875. The topological polar surface area (TPSA) is 52.0 Å². The van der Waals surface area contributed by atoms with Gasteiger partial charge < -0.3 is 10.1 Å². The first-order chi connectivity index (χ1) is 9.52. The molecule has 0 amide bonds. The lowest BCUT2D eigenvalue weighted by atomic mass is 9.76. The lowest BCUT2D eigenvalue weighted by Gasteiger charge is -2.38. The van der Waals surface area contributed by atoms with Crippen LogP contribution in [-0.4, -0.2) is 40.6 Å². The van der Waals surface area contributed by atoms with Gasteiger partial charge in [0, 0.05) is 38.3 Å². The molecule has 1 N–H and O–H groups in total. The van der Waals surface area contributed by atoms with Gasteiger partial charge in [0.2, 0.25) is 0 Å². The predicted molar refractivity (Wildman–Crippen MR) is 79.7 cm³/mol. The van der Waals surface area contributed by atoms with Gasteiger partial charge in [-0.15, -0.1) is 0 Å². The van der Waals surface area contributed by atoms with Crippen LogP contribution in [0, 0.1) is 5.41 Å². The quantitative estimate of drug-likeness (QED) is 0.868. The Bertz CT molecular complexity index is 408. The summed E-state index contributed by atoms with van der Waals surface area (Å²) in [5.41, 5.74) is 0.252. The summed E-state index contributed by atoms with van der Waals surface area (Å²) in [6.45, 7) is 11.4. The summed E-state index contributed by atoms with van der Waals surface area (Å²) in [5, 5.41) is 7.97. The van der Waals surface area contributed by atoms with E-state index in [2.05, 4.69) is 43.1 Å². The van der Waals surface area contributed by atoms with E-state index in [1.165, 1.54) is 0 Å². The monoisotopic (exact) mass is 280 g/mol. The normalized spacial score (nSPS) is 18.9. The van der Waals surface area contributed by atoms with Crippen molar-refractivity contribution in [3.63, 3.8) is 0 Å². The molecule has 2 heterocycles. The second-order valence-corrected chi connectivity index (χ2v) is 6.54. The first-order valence-electron chi connectivity index (χ1n) is 7.72. The maximum atomic E-state index is 5.56. The highest BCUT2D eigenvalue weighted by atomic mass is 16.5. The van der Waals surface area contributed by atoms with Crippen LogP contribution < -0.4 is 5.32 Å². The molecule has 1 aliphatic heterocycles. The van der Waals surface area contributed by atoms with E-state index in [-0.39, 0.29) is 5.41 Å². The van der Waals surface area contributed by atoms with Crippen LogP contribution in [0.4, 0.5) is 0 Å². The molecule has 1 aliphatic rings. The predicted octanol–water partition coefficient (Wildman–Crippen LogP) is 2.20. The van der Waals surface area contributed by atoms with Gasteiger partial charge in [0.25, 0.3) is 0 Å². The van der Waals surface area contributed by atoms with Gasteiger partial charge in [-0.1, -0.05) is 13.8 Å². The van der Waals surface area contributed by atoms with Crippen molar-refractivity contribution in [3.05, 3.63) is 12.2 Å². The fourth-order valence-electron chi connectivity index (χ4n) is 2.81. The molecule has 1 aromatic rings. The Morgan fingerprint density at radius 3 is 2.60 bits per heavy atom. The van der Waals surface area contributed by atoms with Gasteiger partial charge in [0.15, 0.2) is 0 Å². The van der Waals surface area contributed by atoms with Crippen LogP contribution in [0.15, 0.2) is 6.33 Å². The van der Waals surface area contributed by atoms with Crippen molar-refractivity contribution in [2.75, 3.05) is 19.8 Å². The van der Waals surface area contributed by atoms with E-state index in [9.17, 15) is 0 Å². The van der Waals surface area contributed by atoms with Crippen molar-refractivity contribution in [1.82, 2.24) is 20.1 Å². The van der Waals surface area contributed by atoms with E-state index < -0.39 is 0 Å². The van der Waals surface area contributed by atoms with E-state index in [1.807, 2.05) is 4.68 Å². The number of ether oxygens (including phenoxy) is 1. The molecule has 0 saturated carbocycles. The summed E-state index contributed by atoms with van der Waals surface area (Å²) >= 11 is 0. The fraction of sp³-hybridized carbons (Fsp3) is 0.867. The van der Waals surface area contributed by atoms with Crippen LogP contribution in [0.5, 0.6) is 0 Å². The SMILES string of the molecule is CC(C)NCC1(Cc2ncnn2C(C)C)CCOCC1. The zero-order valence-corrected chi connectivity index (χ0v) is 13.2. The Balaban J connectivity index is 2.12. The number of nitrogens with one attached hydrogen (secondary N) is 1. The molecule has 20 heavy (non-hydrogen) atoms. The van der Waals surface area contributed by atoms with E-state index in [1.54, 1.807) is 6.33 Å². The summed E-state index contributed by atoms with van der Waals surface area (Å²) in [5.74, 6) is 1.10. The van der Waals surface area contributed by atoms with Crippen LogP contribution in [0.25, 0.3) is 0 Å². The molecule has 0 aromatic carbocycles. The molecular formula is C15H28N4O. The average molecular weight is 280 g/mol. The zero-order valence-electron chi connectivity index (χ0n) is 13.2. The zero-order chi connectivity index (χ0) is 14.6. The Kier molecular flexibility index (Phi) is 5.16. The Morgan fingerprint density at radius 2 is 2.00 bits per heavy atom. The van der Waals surface area contributed by atoms with Gasteiger partial charge in [-0.05, 0) is 32.1 Å². The third-order valence-electron chi connectivity index (χ3n) is 4.11. The van der Waals surface area contributed by atoms with Crippen molar-refractivity contribution >= 4 is 0 Å². The number of hydrogen-bond acceptors (Lipinski definition) is 4. The average Bonchev–Trinajstić information content (AvgIpc) is 2.86. The minimum atomic E-state index is 0.252. The van der Waals surface area contributed by atoms with Gasteiger partial charge in [0.05, 0.1) is 0 Å². The maximum absolute atomic E-state index is 5.56. The number of hydrogen-bond donors (Lipinski definition) is 1. The molecular weight excluding hydrogens is 252 g/mol. The number of aromatic nitrogens is 3. The first-order valence-corrected chi connectivity index (χ1v) is 7.72. The smallest absolute Gasteiger partial charge is 0.138 e. The first kappa shape index (κ1) is 15.4. The molecule has 1 saturated heterocycles. The number of nitrogens with zero attached hydrogens (tertiary/aromatic N) is 3. The second-order valence-electron chi connectivity index (χ2n) is 6.54. The molecule has 114 valence electrons. The summed E-state index contributed by atoms with van der Waals surface area (Å²) in [6.07, 6.45) is 4.85. The van der Waals surface area contributed by atoms with Crippen LogP contribution >= 0.6 is 0 Å². The summed E-state index contributed by atoms with van der Waals surface area (Å²) < 4.78 is 7.61. The molecule has 1 aromatic heterocycles. The highest BCUT2D eigenvalue weighted by Gasteiger charge is 2.34. The largest absolute Gasteiger partial charge is 0.381 e. The third-order valence-corrected chi connectivity index (χ3v) is 4.11. The minimum absolute atomic E-state index is 0.252. The standard InChI is InChI=1S/C15H28N4O/c1-12(2)16-10-15(5-7-20-8-6-15)9-14-17-11-18-19(14)13(3)4/h11-13,16H,5-10H2,1-4H3. The lowest BCUT2D eigenvalue weighted by Crippen LogP contribution is -2.43. The molecule has 0 bridgehead atoms. The van der Waals surface area contributed by atoms with E-state index >= 15 is 0 Å². The summed E-state index contributed by atoms with van der Waals surface area (Å²) in [7, 11) is 0. The van der Waals surface area contributed by atoms with Gasteiger partial charge in [-0.3, -0.25) is 0 Å². The van der Waals surface area contributed by atoms with Gasteiger partial charge in [0.1, 0.15) is 12.2 Å². The van der Waals surface area contributed by atoms with Crippen molar-refractivity contribution in [1.29, 1.82) is 0 Å². The van der Waals surface area contributed by atoms with Crippen LogP contribution in [0.1, 0.15) is 52.4 Å². The highest BCUT2D eigenvalue weighted by Crippen LogP contribution is 2.33. The molecule has 5 heteroatoms. The lowest BCUT2D eigenvalue weighted by molar-refractivity contribution is 0.0125. The molecule has 0 atom stereocenters. The van der Waals surface area contributed by atoms with Gasteiger partial charge in [-0.2, -0.15) is 5.10 Å². The molecule has 1 fully saturated rings. The second kappa shape index (κ2) is 6.68. The molecule has 0 radical (unpaired) electrons. The van der Waals surface area contributed by atoms with E-state index in [0.29, 0.717) is 12.1 Å². The van der Waals surface area contributed by atoms with E-state index in [4.69, 9.17) is 4.74 Å². The third kappa shape index (κ3) is 3.79. The van der Waals surface area contributed by atoms with Crippen molar-refractivity contribution in [3.8, 4) is 0 Å². The Morgan fingerprint density at radius 1 is 1.30 bits per heavy atom. The Hall–Kier alpha value is -0.940. The molecule has 0 spiro atoms. The van der Waals surface area contributed by atoms with Crippen molar-refractivity contribution in [2.45, 2.75) is 59.0 Å². The van der Waals surface area contributed by atoms with Crippen LogP contribution in [0.2, 0.25) is 0 Å². The molecule has 0 aliphatic carbocycles. The van der Waals surface area contributed by atoms with Gasteiger partial charge >= 0.3 is 0 Å².